The van der Waals surface area contributed by atoms with E-state index in [1.807, 2.05) is 17.5 Å². The van der Waals surface area contributed by atoms with Crippen LogP contribution in [0, 0.1) is 0 Å². The molecular formula is C22H26N4O5S. The van der Waals surface area contributed by atoms with Crippen LogP contribution in [0.3, 0.4) is 0 Å². The maximum atomic E-state index is 12.4. The Bertz CT molecular complexity index is 1070. The van der Waals surface area contributed by atoms with Gasteiger partial charge in [-0.3, -0.25) is 9.59 Å². The molecule has 9 nitrogen and oxygen atoms in total. The average molecular weight is 459 g/mol. The van der Waals surface area contributed by atoms with Crippen molar-refractivity contribution in [2.45, 2.75) is 19.3 Å². The molecule has 1 amide bonds. The summed E-state index contributed by atoms with van der Waals surface area (Å²) < 4.78 is 15.9. The molecule has 0 saturated heterocycles. The van der Waals surface area contributed by atoms with E-state index in [-0.39, 0.29) is 30.0 Å². The summed E-state index contributed by atoms with van der Waals surface area (Å²) in [6, 6.07) is 9.22. The first-order valence-corrected chi connectivity index (χ1v) is 11.0. The second-order valence-corrected chi connectivity index (χ2v) is 7.87. The molecule has 0 radical (unpaired) electrons. The summed E-state index contributed by atoms with van der Waals surface area (Å²) in [4.78, 5) is 28.4. The van der Waals surface area contributed by atoms with Gasteiger partial charge in [0.1, 0.15) is 12.3 Å². The first-order chi connectivity index (χ1) is 15.6. The Kier molecular flexibility index (Phi) is 8.76. The molecule has 0 bridgehead atoms. The van der Waals surface area contributed by atoms with Crippen molar-refractivity contribution < 1.29 is 19.0 Å². The average Bonchev–Trinajstić information content (AvgIpc) is 3.32. The van der Waals surface area contributed by atoms with Crippen molar-refractivity contribution in [3.8, 4) is 22.9 Å². The minimum absolute atomic E-state index is 0.124. The number of hydrogen-bond donors (Lipinski definition) is 2. The second-order valence-electron chi connectivity index (χ2n) is 6.84. The number of hydrogen-bond acceptors (Lipinski definition) is 8. The zero-order chi connectivity index (χ0) is 22.8. The Hall–Kier alpha value is -3.24. The van der Waals surface area contributed by atoms with Crippen molar-refractivity contribution in [2.24, 2.45) is 0 Å². The predicted molar refractivity (Wildman–Crippen MR) is 121 cm³/mol. The molecule has 170 valence electrons. The maximum absolute atomic E-state index is 12.4. The monoisotopic (exact) mass is 458 g/mol. The number of nitrogens with zero attached hydrogens (tertiary/aromatic N) is 2. The first-order valence-electron chi connectivity index (χ1n) is 10.2. The van der Waals surface area contributed by atoms with Gasteiger partial charge in [0.05, 0.1) is 13.7 Å². The summed E-state index contributed by atoms with van der Waals surface area (Å²) in [6.45, 7) is 1.41. The molecule has 2 heterocycles. The molecule has 0 atom stereocenters. The van der Waals surface area contributed by atoms with Crippen molar-refractivity contribution in [2.75, 3.05) is 34.0 Å². The molecule has 0 unspecified atom stereocenters. The maximum Gasteiger partial charge on any atom is 0.273 e. The molecule has 0 aliphatic carbocycles. The third kappa shape index (κ3) is 6.63. The van der Waals surface area contributed by atoms with Crippen LogP contribution in [-0.4, -0.2) is 55.1 Å². The standard InChI is InChI=1S/C22H26N4O5S/c1-29-11-12-31-18-7-5-15(14-19(18)30-2)21-24-22(28)17(25-26-21)6-8-20(27)23-10-9-16-4-3-13-32-16/h3-5,7,13-14H,6,8-12H2,1-2H3,(H,23,27)(H,24,26,28). The van der Waals surface area contributed by atoms with Crippen LogP contribution in [0.1, 0.15) is 17.0 Å². The Morgan fingerprint density at radius 2 is 2.00 bits per heavy atom. The normalized spacial score (nSPS) is 10.7. The van der Waals surface area contributed by atoms with E-state index in [1.54, 1.807) is 36.6 Å². The molecule has 0 aliphatic heterocycles. The van der Waals surface area contributed by atoms with Gasteiger partial charge < -0.3 is 24.5 Å². The zero-order valence-corrected chi connectivity index (χ0v) is 18.9. The third-order valence-electron chi connectivity index (χ3n) is 4.61. The Morgan fingerprint density at radius 1 is 1.12 bits per heavy atom. The third-order valence-corrected chi connectivity index (χ3v) is 5.55. The molecule has 0 aliphatic rings. The van der Waals surface area contributed by atoms with Gasteiger partial charge in [-0.15, -0.1) is 21.5 Å². The van der Waals surface area contributed by atoms with Crippen molar-refractivity contribution in [3.63, 3.8) is 0 Å². The lowest BCUT2D eigenvalue weighted by Gasteiger charge is -2.11. The highest BCUT2D eigenvalue weighted by atomic mass is 32.1. The number of carbonyl (C=O) groups is 1. The van der Waals surface area contributed by atoms with Gasteiger partial charge >= 0.3 is 0 Å². The number of carbonyl (C=O) groups excluding carboxylic acids is 1. The van der Waals surface area contributed by atoms with E-state index in [0.29, 0.717) is 42.6 Å². The molecule has 0 saturated carbocycles. The minimum Gasteiger partial charge on any atom is -0.493 e. The van der Waals surface area contributed by atoms with E-state index < -0.39 is 0 Å². The number of aromatic nitrogens is 3. The Morgan fingerprint density at radius 3 is 2.72 bits per heavy atom. The van der Waals surface area contributed by atoms with Gasteiger partial charge in [0.2, 0.25) is 5.91 Å². The van der Waals surface area contributed by atoms with Gasteiger partial charge in [0.25, 0.3) is 5.56 Å². The van der Waals surface area contributed by atoms with E-state index in [1.165, 1.54) is 12.0 Å². The van der Waals surface area contributed by atoms with Gasteiger partial charge in [0.15, 0.2) is 17.3 Å². The van der Waals surface area contributed by atoms with Crippen LogP contribution in [0.15, 0.2) is 40.5 Å². The van der Waals surface area contributed by atoms with Gasteiger partial charge in [-0.1, -0.05) is 6.07 Å². The van der Waals surface area contributed by atoms with E-state index >= 15 is 0 Å². The number of ether oxygens (including phenoxy) is 3. The van der Waals surface area contributed by atoms with Crippen molar-refractivity contribution >= 4 is 17.2 Å². The highest BCUT2D eigenvalue weighted by Gasteiger charge is 2.12. The van der Waals surface area contributed by atoms with Gasteiger partial charge in [-0.2, -0.15) is 0 Å². The number of benzene rings is 1. The van der Waals surface area contributed by atoms with Crippen LogP contribution >= 0.6 is 11.3 Å². The number of methoxy groups -OCH3 is 2. The van der Waals surface area contributed by atoms with Crippen LogP contribution in [0.2, 0.25) is 0 Å². The van der Waals surface area contributed by atoms with Gasteiger partial charge in [-0.05, 0) is 36.1 Å². The van der Waals surface area contributed by atoms with E-state index in [2.05, 4.69) is 20.5 Å². The molecule has 2 N–H and O–H groups in total. The molecule has 3 rings (SSSR count). The largest absolute Gasteiger partial charge is 0.493 e. The second kappa shape index (κ2) is 12.0. The van der Waals surface area contributed by atoms with Gasteiger partial charge in [-0.25, -0.2) is 0 Å². The fourth-order valence-corrected chi connectivity index (χ4v) is 3.63. The first kappa shape index (κ1) is 23.4. The summed E-state index contributed by atoms with van der Waals surface area (Å²) >= 11 is 1.66. The number of amides is 1. The van der Waals surface area contributed by atoms with Crippen molar-refractivity contribution in [3.05, 3.63) is 56.6 Å². The zero-order valence-electron chi connectivity index (χ0n) is 18.1. The Labute approximate surface area is 189 Å². The summed E-state index contributed by atoms with van der Waals surface area (Å²) in [7, 11) is 3.13. The van der Waals surface area contributed by atoms with Gasteiger partial charge in [0, 0.05) is 36.9 Å². The fraction of sp³-hybridized carbons (Fsp3) is 0.364. The van der Waals surface area contributed by atoms with Crippen LogP contribution in [0.5, 0.6) is 11.5 Å². The summed E-state index contributed by atoms with van der Waals surface area (Å²) in [5.74, 6) is 1.25. The molecule has 2 aromatic heterocycles. The van der Waals surface area contributed by atoms with Crippen LogP contribution < -0.4 is 20.3 Å². The number of aromatic amines is 1. The summed E-state index contributed by atoms with van der Waals surface area (Å²) in [5.41, 5.74) is 0.470. The number of thiophene rings is 1. The summed E-state index contributed by atoms with van der Waals surface area (Å²) in [5, 5.41) is 13.0. The van der Waals surface area contributed by atoms with E-state index in [4.69, 9.17) is 14.2 Å². The van der Waals surface area contributed by atoms with Crippen LogP contribution in [0.4, 0.5) is 0 Å². The molecule has 1 aromatic carbocycles. The lowest BCUT2D eigenvalue weighted by atomic mass is 10.2. The molecule has 32 heavy (non-hydrogen) atoms. The number of nitrogens with one attached hydrogen (secondary N) is 2. The van der Waals surface area contributed by atoms with Crippen LogP contribution in [0.25, 0.3) is 11.4 Å². The molecule has 10 heteroatoms. The number of H-pyrrole nitrogens is 1. The minimum atomic E-state index is -0.374. The highest BCUT2D eigenvalue weighted by molar-refractivity contribution is 7.09. The lowest BCUT2D eigenvalue weighted by Crippen LogP contribution is -2.27. The molecule has 3 aromatic rings. The fourth-order valence-electron chi connectivity index (χ4n) is 2.92. The highest BCUT2D eigenvalue weighted by Crippen LogP contribution is 2.31. The quantitative estimate of drug-likeness (QED) is 0.400. The Balaban J connectivity index is 1.57. The molecule has 0 spiro atoms. The topological polar surface area (TPSA) is 115 Å². The molecular weight excluding hydrogens is 432 g/mol. The van der Waals surface area contributed by atoms with Crippen LogP contribution in [-0.2, 0) is 22.4 Å². The molecule has 0 fully saturated rings. The smallest absolute Gasteiger partial charge is 0.273 e. The SMILES string of the molecule is COCCOc1ccc(-c2nnc(CCC(=O)NCCc3cccs3)c(=O)[nH]2)cc1OC. The predicted octanol–water partition coefficient (Wildman–Crippen LogP) is 2.22. The van der Waals surface area contributed by atoms with E-state index in [9.17, 15) is 9.59 Å². The van der Waals surface area contributed by atoms with E-state index in [0.717, 1.165) is 6.42 Å². The number of rotatable bonds is 12. The summed E-state index contributed by atoms with van der Waals surface area (Å²) in [6.07, 6.45) is 1.17. The van der Waals surface area contributed by atoms with Crippen molar-refractivity contribution in [1.29, 1.82) is 0 Å². The number of aryl methyl sites for hydroxylation is 1. The lowest BCUT2D eigenvalue weighted by molar-refractivity contribution is -0.121. The van der Waals surface area contributed by atoms with Crippen molar-refractivity contribution in [1.82, 2.24) is 20.5 Å².